The number of fused-ring (bicyclic) bond motifs is 3. The van der Waals surface area contributed by atoms with Crippen molar-refractivity contribution < 1.29 is 43.2 Å². The first-order valence-electron chi connectivity index (χ1n) is 17.5. The average Bonchev–Trinajstić information content (AvgIpc) is 3.18. The fourth-order valence-electron chi connectivity index (χ4n) is 6.80. The third kappa shape index (κ3) is 10.4. The molecule has 4 heterocycles. The summed E-state index contributed by atoms with van der Waals surface area (Å²) in [5.41, 5.74) is 3.26. The lowest BCUT2D eigenvalue weighted by Crippen LogP contribution is -2.52. The van der Waals surface area contributed by atoms with Gasteiger partial charge in [0.2, 0.25) is 0 Å². The van der Waals surface area contributed by atoms with Crippen LogP contribution in [0.15, 0.2) is 85.2 Å². The number of carboxylic acid groups (broad SMARTS) is 1. The number of nitrogens with zero attached hydrogens (tertiary/aromatic N) is 2. The van der Waals surface area contributed by atoms with Crippen molar-refractivity contribution in [3.05, 3.63) is 128 Å². The Kier molecular flexibility index (Phi) is 14.5. The smallest absolute Gasteiger partial charge is 0.338 e. The molecule has 2 N–H and O–H groups in total. The SMILES string of the molecule is COc1ccc(C(Cc2c(Cl)c[n+]([O-])cc2Cl)OC(=O)c2ccc(CCNC(C(=O)O[C@H]3CN4CCC3CC4)c3ccccc3)cc2)cc1OC.O=CO. The van der Waals surface area contributed by atoms with E-state index in [4.69, 9.17) is 52.1 Å². The van der Waals surface area contributed by atoms with E-state index in [9.17, 15) is 14.8 Å². The van der Waals surface area contributed by atoms with Crippen LogP contribution in [0.4, 0.5) is 0 Å². The number of methoxy groups -OCH3 is 2. The van der Waals surface area contributed by atoms with Crippen molar-refractivity contribution in [3.8, 4) is 11.5 Å². The minimum Gasteiger partial charge on any atom is -0.619 e. The van der Waals surface area contributed by atoms with E-state index >= 15 is 0 Å². The second kappa shape index (κ2) is 19.4. The maximum Gasteiger partial charge on any atom is 0.338 e. The van der Waals surface area contributed by atoms with Gasteiger partial charge in [-0.15, -0.1) is 0 Å². The highest BCUT2D eigenvalue weighted by atomic mass is 35.5. The molecule has 3 aliphatic rings. The number of benzene rings is 3. The van der Waals surface area contributed by atoms with Crippen LogP contribution in [0, 0.1) is 11.1 Å². The highest BCUT2D eigenvalue weighted by Crippen LogP contribution is 2.36. The quantitative estimate of drug-likeness (QED) is 0.0672. The summed E-state index contributed by atoms with van der Waals surface area (Å²) >= 11 is 12.8. The number of esters is 2. The Morgan fingerprint density at radius 3 is 2.20 bits per heavy atom. The minimum atomic E-state index is -0.825. The van der Waals surface area contributed by atoms with Gasteiger partial charge in [0.1, 0.15) is 28.3 Å². The number of hydrogen-bond acceptors (Lipinski definition) is 10. The van der Waals surface area contributed by atoms with Crippen LogP contribution >= 0.6 is 23.2 Å². The summed E-state index contributed by atoms with van der Waals surface area (Å²) in [6.07, 6.45) is 4.37. The fourth-order valence-corrected chi connectivity index (χ4v) is 7.40. The van der Waals surface area contributed by atoms with Crippen LogP contribution in [0.25, 0.3) is 0 Å². The first-order chi connectivity index (χ1) is 26.1. The van der Waals surface area contributed by atoms with Gasteiger partial charge in [0.25, 0.3) is 6.47 Å². The van der Waals surface area contributed by atoms with Gasteiger partial charge in [0.15, 0.2) is 23.9 Å². The fraction of sp³-hybridized carbons (Fsp3) is 0.350. The standard InChI is InChI=1S/C39H41Cl2N3O7.CH2O2/c1-48-33-13-12-29(20-35(33)49-2)34(21-30-31(40)22-44(47)23-32(30)41)50-38(45)28-10-8-25(9-11-28)14-17-42-37(27-6-4-3-5-7-27)39(46)51-36-24-43-18-15-26(36)16-19-43;2-1-3/h3-13,20,22-23,26,34,36-37,42H,14-19,21,24H2,1-2H3;1H,(H,2,3)/t34?,36-,37?;/m0./s1. The number of nitrogens with one attached hydrogen (secondary N) is 1. The molecule has 3 fully saturated rings. The van der Waals surface area contributed by atoms with E-state index in [1.165, 1.54) is 26.6 Å². The Morgan fingerprint density at radius 1 is 0.963 bits per heavy atom. The number of aromatic nitrogens is 1. The van der Waals surface area contributed by atoms with E-state index < -0.39 is 18.1 Å². The van der Waals surface area contributed by atoms with Gasteiger partial charge in [-0.1, -0.05) is 71.7 Å². The molecule has 12 nitrogen and oxygen atoms in total. The average molecular weight is 781 g/mol. The summed E-state index contributed by atoms with van der Waals surface area (Å²) < 4.78 is 23.5. The monoisotopic (exact) mass is 779 g/mol. The Morgan fingerprint density at radius 2 is 1.61 bits per heavy atom. The summed E-state index contributed by atoms with van der Waals surface area (Å²) in [7, 11) is 3.05. The first kappa shape index (κ1) is 40.3. The molecule has 286 valence electrons. The largest absolute Gasteiger partial charge is 0.619 e. The number of ether oxygens (including phenoxy) is 4. The predicted octanol–water partition coefficient (Wildman–Crippen LogP) is 6.00. The second-order valence-electron chi connectivity index (χ2n) is 13.0. The zero-order chi connectivity index (χ0) is 38.6. The van der Waals surface area contributed by atoms with Gasteiger partial charge in [-0.05, 0) is 79.2 Å². The highest BCUT2D eigenvalue weighted by Gasteiger charge is 2.38. The molecule has 3 atom stereocenters. The minimum absolute atomic E-state index is 0.0713. The van der Waals surface area contributed by atoms with Gasteiger partial charge in [0, 0.05) is 25.1 Å². The third-order valence-corrected chi connectivity index (χ3v) is 10.3. The molecule has 2 unspecified atom stereocenters. The van der Waals surface area contributed by atoms with Gasteiger partial charge in [-0.25, -0.2) is 9.59 Å². The lowest BCUT2D eigenvalue weighted by atomic mass is 9.86. The molecule has 4 aromatic rings. The summed E-state index contributed by atoms with van der Waals surface area (Å²) in [5.74, 6) is 0.586. The maximum atomic E-state index is 13.5. The lowest BCUT2D eigenvalue weighted by molar-refractivity contribution is -0.605. The summed E-state index contributed by atoms with van der Waals surface area (Å²) in [4.78, 5) is 37.7. The van der Waals surface area contributed by atoms with Crippen molar-refractivity contribution in [2.24, 2.45) is 5.92 Å². The molecule has 0 aliphatic carbocycles. The molecule has 54 heavy (non-hydrogen) atoms. The zero-order valence-electron chi connectivity index (χ0n) is 30.0. The summed E-state index contributed by atoms with van der Waals surface area (Å²) in [6.45, 7) is 3.23. The van der Waals surface area contributed by atoms with Crippen LogP contribution in [0.3, 0.4) is 0 Å². The molecule has 3 aromatic carbocycles. The Balaban J connectivity index is 0.00000181. The molecule has 7 rings (SSSR count). The molecule has 0 amide bonds. The highest BCUT2D eigenvalue weighted by molar-refractivity contribution is 6.35. The van der Waals surface area contributed by atoms with Crippen molar-refractivity contribution >= 4 is 41.6 Å². The molecule has 3 aliphatic heterocycles. The topological polar surface area (TPSA) is 151 Å². The number of piperidine rings is 3. The number of rotatable bonds is 14. The van der Waals surface area contributed by atoms with E-state index in [1.54, 1.807) is 30.3 Å². The van der Waals surface area contributed by atoms with E-state index in [2.05, 4.69) is 10.2 Å². The third-order valence-electron chi connectivity index (χ3n) is 9.66. The van der Waals surface area contributed by atoms with Crippen LogP contribution in [0.5, 0.6) is 11.5 Å². The van der Waals surface area contributed by atoms with Gasteiger partial charge in [-0.3, -0.25) is 9.69 Å². The molecule has 3 saturated heterocycles. The van der Waals surface area contributed by atoms with Crippen LogP contribution in [0.1, 0.15) is 57.6 Å². The van der Waals surface area contributed by atoms with Crippen LogP contribution in [-0.2, 0) is 31.9 Å². The van der Waals surface area contributed by atoms with Gasteiger partial charge in [0.05, 0.1) is 19.8 Å². The number of carbonyl (C=O) groups excluding carboxylic acids is 2. The van der Waals surface area contributed by atoms with Crippen molar-refractivity contribution in [1.29, 1.82) is 0 Å². The lowest BCUT2D eigenvalue weighted by Gasteiger charge is -2.44. The summed E-state index contributed by atoms with van der Waals surface area (Å²) in [5, 5.41) is 22.5. The molecule has 1 aromatic heterocycles. The molecule has 2 bridgehead atoms. The number of carbonyl (C=O) groups is 3. The van der Waals surface area contributed by atoms with E-state index in [1.807, 2.05) is 42.5 Å². The molecule has 0 radical (unpaired) electrons. The predicted molar refractivity (Wildman–Crippen MR) is 202 cm³/mol. The van der Waals surface area contributed by atoms with Crippen LogP contribution in [0.2, 0.25) is 10.0 Å². The normalized spacial score (nSPS) is 18.3. The maximum absolute atomic E-state index is 13.5. The van der Waals surface area contributed by atoms with Crippen molar-refractivity contribution in [2.45, 2.75) is 43.9 Å². The molecular weight excluding hydrogens is 737 g/mol. The molecule has 14 heteroatoms. The van der Waals surface area contributed by atoms with Crippen molar-refractivity contribution in [2.75, 3.05) is 40.4 Å². The van der Waals surface area contributed by atoms with Crippen molar-refractivity contribution in [1.82, 2.24) is 10.2 Å². The van der Waals surface area contributed by atoms with Crippen LogP contribution < -0.4 is 19.5 Å². The van der Waals surface area contributed by atoms with Gasteiger partial charge < -0.3 is 34.6 Å². The second-order valence-corrected chi connectivity index (χ2v) is 13.8. The molecular formula is C40H43Cl2N3O9. The van der Waals surface area contributed by atoms with E-state index in [-0.39, 0.29) is 35.0 Å². The number of pyridine rings is 1. The Hall–Kier alpha value is -4.88. The van der Waals surface area contributed by atoms with Gasteiger partial charge in [-0.2, -0.15) is 4.73 Å². The number of hydrogen-bond donors (Lipinski definition) is 2. The van der Waals surface area contributed by atoms with Crippen LogP contribution in [-0.4, -0.2) is 74.9 Å². The first-order valence-corrected chi connectivity index (χ1v) is 18.3. The molecule has 0 spiro atoms. The van der Waals surface area contributed by atoms with E-state index in [0.29, 0.717) is 51.8 Å². The molecule has 0 saturated carbocycles. The number of halogens is 2. The Bertz CT molecular complexity index is 1850. The van der Waals surface area contributed by atoms with E-state index in [0.717, 1.165) is 43.6 Å². The van der Waals surface area contributed by atoms with Crippen molar-refractivity contribution in [3.63, 3.8) is 0 Å². The summed E-state index contributed by atoms with van der Waals surface area (Å²) in [6, 6.07) is 21.4. The Labute approximate surface area is 324 Å². The van der Waals surface area contributed by atoms with Gasteiger partial charge >= 0.3 is 11.9 Å². The zero-order valence-corrected chi connectivity index (χ0v) is 31.5.